The predicted molar refractivity (Wildman–Crippen MR) is 122 cm³/mol. The quantitative estimate of drug-likeness (QED) is 0.436. The number of methoxy groups -OCH3 is 1. The van der Waals surface area contributed by atoms with Gasteiger partial charge in [0, 0.05) is 42.0 Å². The molecule has 2 fully saturated rings. The molecular weight excluding hydrogens is 434 g/mol. The topological polar surface area (TPSA) is 30.5 Å². The summed E-state index contributed by atoms with van der Waals surface area (Å²) >= 11 is 5.74. The second-order valence-corrected chi connectivity index (χ2v) is 11.6. The SMILES string of the molecule is COC1CC(OCC2CCC(Br)CC2C)C=CC1C1CNC(C2C=CSC2)C1. The van der Waals surface area contributed by atoms with E-state index in [9.17, 15) is 0 Å². The molecule has 2 heterocycles. The number of nitrogens with one attached hydrogen (secondary N) is 1. The summed E-state index contributed by atoms with van der Waals surface area (Å²) in [5, 5.41) is 6.06. The minimum absolute atomic E-state index is 0.217. The van der Waals surface area contributed by atoms with E-state index >= 15 is 0 Å². The molecule has 5 heteroatoms. The summed E-state index contributed by atoms with van der Waals surface area (Å²) in [5.74, 6) is 4.60. The van der Waals surface area contributed by atoms with Gasteiger partial charge in [0.15, 0.2) is 0 Å². The molecule has 28 heavy (non-hydrogen) atoms. The van der Waals surface area contributed by atoms with Crippen LogP contribution in [0.25, 0.3) is 0 Å². The molecule has 9 atom stereocenters. The highest BCUT2D eigenvalue weighted by Crippen LogP contribution is 2.38. The van der Waals surface area contributed by atoms with E-state index in [0.29, 0.717) is 34.5 Å². The van der Waals surface area contributed by atoms with E-state index in [4.69, 9.17) is 9.47 Å². The van der Waals surface area contributed by atoms with E-state index in [1.54, 1.807) is 0 Å². The van der Waals surface area contributed by atoms with Crippen molar-refractivity contribution >= 4 is 27.7 Å². The first-order valence-electron chi connectivity index (χ1n) is 11.1. The van der Waals surface area contributed by atoms with Crippen LogP contribution in [0.5, 0.6) is 0 Å². The van der Waals surface area contributed by atoms with Gasteiger partial charge in [-0.25, -0.2) is 0 Å². The molecular formula is C23H36BrNO2S. The van der Waals surface area contributed by atoms with Gasteiger partial charge in [-0.1, -0.05) is 41.1 Å². The summed E-state index contributed by atoms with van der Waals surface area (Å²) in [4.78, 5) is 0.703. The average Bonchev–Trinajstić information content (AvgIpc) is 3.39. The lowest BCUT2D eigenvalue weighted by molar-refractivity contribution is -0.0310. The Morgan fingerprint density at radius 1 is 1.14 bits per heavy atom. The zero-order chi connectivity index (χ0) is 19.5. The highest BCUT2D eigenvalue weighted by molar-refractivity contribution is 9.09. The van der Waals surface area contributed by atoms with Crippen LogP contribution in [-0.4, -0.2) is 49.1 Å². The summed E-state index contributed by atoms with van der Waals surface area (Å²) in [6, 6.07) is 0.641. The average molecular weight is 471 g/mol. The molecule has 158 valence electrons. The lowest BCUT2D eigenvalue weighted by Gasteiger charge is -2.36. The third-order valence-corrected chi connectivity index (χ3v) is 9.28. The number of alkyl halides is 1. The van der Waals surface area contributed by atoms with Gasteiger partial charge in [0.2, 0.25) is 0 Å². The number of hydrogen-bond acceptors (Lipinski definition) is 4. The van der Waals surface area contributed by atoms with Gasteiger partial charge in [0.25, 0.3) is 0 Å². The number of thioether (sulfide) groups is 1. The standard InChI is InChI=1S/C23H36BrNO2S/c1-15-9-19(24)4-3-16(15)13-27-20-5-6-21(23(11-20)26-2)18-10-22(25-12-18)17-7-8-28-14-17/h5-8,15-23,25H,3-4,9-14H2,1-2H3. The predicted octanol–water partition coefficient (Wildman–Crippen LogP) is 5.02. The Morgan fingerprint density at radius 3 is 2.79 bits per heavy atom. The van der Waals surface area contributed by atoms with Crippen LogP contribution >= 0.6 is 27.7 Å². The summed E-state index contributed by atoms with van der Waals surface area (Å²) in [7, 11) is 1.88. The van der Waals surface area contributed by atoms with E-state index in [1.165, 1.54) is 31.4 Å². The number of rotatable bonds is 6. The molecule has 0 bridgehead atoms. The maximum atomic E-state index is 6.36. The van der Waals surface area contributed by atoms with Gasteiger partial charge in [-0.2, -0.15) is 0 Å². The number of ether oxygens (including phenoxy) is 2. The van der Waals surface area contributed by atoms with Crippen molar-refractivity contribution in [1.82, 2.24) is 5.32 Å². The van der Waals surface area contributed by atoms with Crippen LogP contribution in [-0.2, 0) is 9.47 Å². The molecule has 1 saturated heterocycles. The van der Waals surface area contributed by atoms with Crippen molar-refractivity contribution in [3.05, 3.63) is 23.6 Å². The van der Waals surface area contributed by atoms with Crippen molar-refractivity contribution in [3.8, 4) is 0 Å². The molecule has 0 aromatic heterocycles. The van der Waals surface area contributed by atoms with Crippen molar-refractivity contribution in [3.63, 3.8) is 0 Å². The molecule has 2 aliphatic carbocycles. The first kappa shape index (κ1) is 21.4. The first-order valence-corrected chi connectivity index (χ1v) is 13.1. The molecule has 9 unspecified atom stereocenters. The first-order chi connectivity index (χ1) is 13.6. The second-order valence-electron chi connectivity index (χ2n) is 9.33. The summed E-state index contributed by atoms with van der Waals surface area (Å²) in [6.07, 6.45) is 13.8. The van der Waals surface area contributed by atoms with Crippen LogP contribution in [0.15, 0.2) is 23.6 Å². The highest BCUT2D eigenvalue weighted by Gasteiger charge is 2.39. The van der Waals surface area contributed by atoms with Crippen molar-refractivity contribution in [1.29, 1.82) is 0 Å². The van der Waals surface area contributed by atoms with Crippen molar-refractivity contribution in [2.75, 3.05) is 26.0 Å². The maximum absolute atomic E-state index is 6.36. The molecule has 1 saturated carbocycles. The van der Waals surface area contributed by atoms with Gasteiger partial charge in [-0.15, -0.1) is 11.8 Å². The molecule has 3 nitrogen and oxygen atoms in total. The van der Waals surface area contributed by atoms with Gasteiger partial charge in [-0.3, -0.25) is 0 Å². The Morgan fingerprint density at radius 2 is 2.04 bits per heavy atom. The van der Waals surface area contributed by atoms with Crippen LogP contribution in [0.2, 0.25) is 0 Å². The molecule has 0 spiro atoms. The molecule has 0 aromatic rings. The van der Waals surface area contributed by atoms with Crippen molar-refractivity contribution in [2.45, 2.75) is 62.1 Å². The smallest absolute Gasteiger partial charge is 0.0781 e. The third-order valence-electron chi connectivity index (χ3n) is 7.52. The van der Waals surface area contributed by atoms with E-state index in [-0.39, 0.29) is 12.2 Å². The zero-order valence-electron chi connectivity index (χ0n) is 17.3. The molecule has 4 aliphatic rings. The molecule has 0 aromatic carbocycles. The minimum atomic E-state index is 0.217. The van der Waals surface area contributed by atoms with Crippen LogP contribution in [0.1, 0.15) is 39.0 Å². The normalized spacial score (nSPS) is 46.3. The summed E-state index contributed by atoms with van der Waals surface area (Å²) < 4.78 is 12.3. The van der Waals surface area contributed by atoms with Crippen LogP contribution < -0.4 is 5.32 Å². The Bertz CT molecular complexity index is 571. The lowest BCUT2D eigenvalue weighted by atomic mass is 9.79. The summed E-state index contributed by atoms with van der Waals surface area (Å²) in [5.41, 5.74) is 0. The Labute approximate surface area is 183 Å². The fourth-order valence-corrected chi connectivity index (χ4v) is 7.45. The zero-order valence-corrected chi connectivity index (χ0v) is 19.7. The molecule has 0 radical (unpaired) electrons. The monoisotopic (exact) mass is 469 g/mol. The van der Waals surface area contributed by atoms with Gasteiger partial charge in [0.05, 0.1) is 18.8 Å². The van der Waals surface area contributed by atoms with Crippen LogP contribution in [0.3, 0.4) is 0 Å². The second kappa shape index (κ2) is 10.00. The van der Waals surface area contributed by atoms with Gasteiger partial charge >= 0.3 is 0 Å². The molecule has 0 amide bonds. The fraction of sp³-hybridized carbons (Fsp3) is 0.826. The number of hydrogen-bond donors (Lipinski definition) is 1. The van der Waals surface area contributed by atoms with Crippen LogP contribution in [0, 0.1) is 29.6 Å². The summed E-state index contributed by atoms with van der Waals surface area (Å²) in [6.45, 7) is 4.40. The molecule has 4 rings (SSSR count). The van der Waals surface area contributed by atoms with E-state index in [0.717, 1.165) is 25.5 Å². The number of halogens is 1. The fourth-order valence-electron chi connectivity index (χ4n) is 5.61. The van der Waals surface area contributed by atoms with Crippen molar-refractivity contribution < 1.29 is 9.47 Å². The molecule has 2 aliphatic heterocycles. The Hall–Kier alpha value is 0.190. The van der Waals surface area contributed by atoms with Crippen LogP contribution in [0.4, 0.5) is 0 Å². The van der Waals surface area contributed by atoms with Gasteiger partial charge < -0.3 is 14.8 Å². The largest absolute Gasteiger partial charge is 0.381 e. The van der Waals surface area contributed by atoms with Gasteiger partial charge in [0.1, 0.15) is 0 Å². The maximum Gasteiger partial charge on any atom is 0.0781 e. The lowest BCUT2D eigenvalue weighted by Crippen LogP contribution is -2.37. The minimum Gasteiger partial charge on any atom is -0.381 e. The van der Waals surface area contributed by atoms with E-state index in [2.05, 4.69) is 51.8 Å². The van der Waals surface area contributed by atoms with E-state index in [1.807, 2.05) is 18.9 Å². The Balaban J connectivity index is 1.29. The Kier molecular flexibility index (Phi) is 7.65. The third kappa shape index (κ3) is 5.08. The van der Waals surface area contributed by atoms with E-state index < -0.39 is 0 Å². The van der Waals surface area contributed by atoms with Crippen molar-refractivity contribution in [2.24, 2.45) is 29.6 Å². The van der Waals surface area contributed by atoms with Gasteiger partial charge in [-0.05, 0) is 55.4 Å². The highest BCUT2D eigenvalue weighted by atomic mass is 79.9. The molecule has 1 N–H and O–H groups in total.